The van der Waals surface area contributed by atoms with Crippen LogP contribution in [0.25, 0.3) is 0 Å². The van der Waals surface area contributed by atoms with Crippen molar-refractivity contribution in [3.63, 3.8) is 0 Å². The van der Waals surface area contributed by atoms with E-state index >= 15 is 0 Å². The average Bonchev–Trinajstić information content (AvgIpc) is 2.36. The largest absolute Gasteiger partial charge is 0.397 e. The van der Waals surface area contributed by atoms with Crippen LogP contribution in [0.15, 0.2) is 39.3 Å². The number of nitrogen functional groups attached to an aromatic ring is 1. The second kappa shape index (κ2) is 6.16. The molecule has 2 aromatic rings. The van der Waals surface area contributed by atoms with Crippen molar-refractivity contribution < 1.29 is 4.79 Å². The van der Waals surface area contributed by atoms with Gasteiger partial charge in [0, 0.05) is 8.95 Å². The van der Waals surface area contributed by atoms with Crippen molar-refractivity contribution >= 4 is 60.7 Å². The van der Waals surface area contributed by atoms with Crippen LogP contribution in [0.2, 0.25) is 5.02 Å². The van der Waals surface area contributed by atoms with Gasteiger partial charge in [-0.3, -0.25) is 4.79 Å². The number of anilines is 2. The number of rotatable bonds is 2. The molecule has 0 aliphatic heterocycles. The van der Waals surface area contributed by atoms with Gasteiger partial charge in [0.2, 0.25) is 0 Å². The molecule has 0 saturated heterocycles. The highest BCUT2D eigenvalue weighted by Crippen LogP contribution is 2.30. The lowest BCUT2D eigenvalue weighted by atomic mass is 10.1. The molecule has 0 heterocycles. The molecule has 104 valence electrons. The van der Waals surface area contributed by atoms with E-state index in [0.717, 1.165) is 10.0 Å². The Balaban J connectivity index is 2.36. The summed E-state index contributed by atoms with van der Waals surface area (Å²) in [5.74, 6) is -0.298. The fourth-order valence-corrected chi connectivity index (χ4v) is 2.97. The van der Waals surface area contributed by atoms with Gasteiger partial charge in [-0.05, 0) is 52.7 Å². The third-order valence-electron chi connectivity index (χ3n) is 2.77. The van der Waals surface area contributed by atoms with Gasteiger partial charge >= 0.3 is 0 Å². The number of halogens is 3. The first-order chi connectivity index (χ1) is 9.40. The second-order valence-electron chi connectivity index (χ2n) is 4.24. The summed E-state index contributed by atoms with van der Waals surface area (Å²) in [7, 11) is 0. The Bertz CT molecular complexity index is 666. The lowest BCUT2D eigenvalue weighted by Crippen LogP contribution is -2.15. The van der Waals surface area contributed by atoms with Gasteiger partial charge < -0.3 is 11.1 Å². The standard InChI is InChI=1S/C14H11Br2ClN2O/c1-7-5-8(15)6-11(18)13(7)19-14(20)9-3-2-4-10(16)12(9)17/h2-6H,18H2,1H3,(H,19,20). The van der Waals surface area contributed by atoms with Gasteiger partial charge in [0.25, 0.3) is 5.91 Å². The van der Waals surface area contributed by atoms with Crippen molar-refractivity contribution in [2.75, 3.05) is 11.1 Å². The first kappa shape index (κ1) is 15.4. The molecule has 6 heteroatoms. The maximum absolute atomic E-state index is 12.3. The minimum absolute atomic E-state index is 0.298. The van der Waals surface area contributed by atoms with Crippen LogP contribution in [0, 0.1) is 6.92 Å². The predicted molar refractivity (Wildman–Crippen MR) is 90.4 cm³/mol. The highest BCUT2D eigenvalue weighted by atomic mass is 79.9. The number of carbonyl (C=O) groups excluding carboxylic acids is 1. The summed E-state index contributed by atoms with van der Waals surface area (Å²) in [5.41, 5.74) is 8.28. The van der Waals surface area contributed by atoms with Crippen LogP contribution in [0.5, 0.6) is 0 Å². The fourth-order valence-electron chi connectivity index (χ4n) is 1.80. The van der Waals surface area contributed by atoms with E-state index in [9.17, 15) is 4.79 Å². The second-order valence-corrected chi connectivity index (χ2v) is 6.39. The molecule has 0 unspecified atom stereocenters. The molecule has 0 aliphatic carbocycles. The van der Waals surface area contributed by atoms with E-state index in [1.807, 2.05) is 13.0 Å². The lowest BCUT2D eigenvalue weighted by Gasteiger charge is -2.13. The molecule has 0 saturated carbocycles. The molecule has 2 rings (SSSR count). The third-order valence-corrected chi connectivity index (χ3v) is 4.52. The molecule has 2 aromatic carbocycles. The van der Waals surface area contributed by atoms with Crippen LogP contribution >= 0.6 is 43.5 Å². The van der Waals surface area contributed by atoms with Crippen LogP contribution in [0.3, 0.4) is 0 Å². The van der Waals surface area contributed by atoms with Gasteiger partial charge in [-0.25, -0.2) is 0 Å². The SMILES string of the molecule is Cc1cc(Br)cc(N)c1NC(=O)c1cccc(Br)c1Cl. The molecule has 0 bridgehead atoms. The molecule has 0 atom stereocenters. The van der Waals surface area contributed by atoms with Gasteiger partial charge in [-0.2, -0.15) is 0 Å². The molecular weight excluding hydrogens is 407 g/mol. The third kappa shape index (κ3) is 3.16. The number of amides is 1. The van der Waals surface area contributed by atoms with Gasteiger partial charge in [-0.15, -0.1) is 0 Å². The van der Waals surface area contributed by atoms with Gasteiger partial charge in [0.1, 0.15) is 0 Å². The summed E-state index contributed by atoms with van der Waals surface area (Å²) < 4.78 is 1.54. The average molecular weight is 419 g/mol. The first-order valence-electron chi connectivity index (χ1n) is 5.71. The van der Waals surface area contributed by atoms with Crippen LogP contribution in [-0.2, 0) is 0 Å². The number of nitrogens with one attached hydrogen (secondary N) is 1. The smallest absolute Gasteiger partial charge is 0.257 e. The molecule has 0 radical (unpaired) electrons. The van der Waals surface area contributed by atoms with E-state index in [1.54, 1.807) is 24.3 Å². The van der Waals surface area contributed by atoms with Crippen molar-refractivity contribution in [1.82, 2.24) is 0 Å². The van der Waals surface area contributed by atoms with Crippen molar-refractivity contribution in [2.45, 2.75) is 6.92 Å². The Morgan fingerprint density at radius 1 is 1.30 bits per heavy atom. The topological polar surface area (TPSA) is 55.1 Å². The monoisotopic (exact) mass is 416 g/mol. The zero-order valence-corrected chi connectivity index (χ0v) is 14.4. The maximum Gasteiger partial charge on any atom is 0.257 e. The minimum atomic E-state index is -0.298. The van der Waals surface area contributed by atoms with Crippen molar-refractivity contribution in [3.05, 3.63) is 55.4 Å². The van der Waals surface area contributed by atoms with E-state index in [0.29, 0.717) is 26.4 Å². The Labute approximate surface area is 138 Å². The summed E-state index contributed by atoms with van der Waals surface area (Å²) in [6, 6.07) is 8.81. The minimum Gasteiger partial charge on any atom is -0.397 e. The van der Waals surface area contributed by atoms with E-state index in [4.69, 9.17) is 17.3 Å². The number of hydrogen-bond donors (Lipinski definition) is 2. The highest BCUT2D eigenvalue weighted by molar-refractivity contribution is 9.10. The number of aryl methyl sites for hydroxylation is 1. The number of hydrogen-bond acceptors (Lipinski definition) is 2. The normalized spacial score (nSPS) is 10.4. The summed E-state index contributed by atoms with van der Waals surface area (Å²) in [4.78, 5) is 12.3. The van der Waals surface area contributed by atoms with E-state index in [1.165, 1.54) is 0 Å². The molecule has 0 aromatic heterocycles. The molecular formula is C14H11Br2ClN2O. The zero-order valence-electron chi connectivity index (χ0n) is 10.5. The van der Waals surface area contributed by atoms with E-state index in [-0.39, 0.29) is 5.91 Å². The van der Waals surface area contributed by atoms with Gasteiger partial charge in [0.05, 0.1) is 22.0 Å². The predicted octanol–water partition coefficient (Wildman–Crippen LogP) is 5.01. The molecule has 0 aliphatic rings. The Kier molecular flexibility index (Phi) is 4.73. The fraction of sp³-hybridized carbons (Fsp3) is 0.0714. The number of carbonyl (C=O) groups is 1. The molecule has 0 fully saturated rings. The molecule has 0 spiro atoms. The summed E-state index contributed by atoms with van der Waals surface area (Å²) in [6.07, 6.45) is 0. The van der Waals surface area contributed by atoms with Gasteiger partial charge in [0.15, 0.2) is 0 Å². The van der Waals surface area contributed by atoms with Gasteiger partial charge in [-0.1, -0.05) is 33.6 Å². The molecule has 1 amide bonds. The van der Waals surface area contributed by atoms with Crippen LogP contribution in [0.4, 0.5) is 11.4 Å². The summed E-state index contributed by atoms with van der Waals surface area (Å²) >= 11 is 12.8. The van der Waals surface area contributed by atoms with Crippen LogP contribution < -0.4 is 11.1 Å². The first-order valence-corrected chi connectivity index (χ1v) is 7.67. The maximum atomic E-state index is 12.3. The molecule has 20 heavy (non-hydrogen) atoms. The Morgan fingerprint density at radius 3 is 2.65 bits per heavy atom. The summed E-state index contributed by atoms with van der Waals surface area (Å²) in [5, 5.41) is 3.17. The Hall–Kier alpha value is -1.04. The van der Waals surface area contributed by atoms with Crippen molar-refractivity contribution in [2.24, 2.45) is 0 Å². The van der Waals surface area contributed by atoms with Crippen LogP contribution in [0.1, 0.15) is 15.9 Å². The zero-order chi connectivity index (χ0) is 14.9. The quantitative estimate of drug-likeness (QED) is 0.674. The van der Waals surface area contributed by atoms with Crippen LogP contribution in [-0.4, -0.2) is 5.91 Å². The molecule has 3 N–H and O–H groups in total. The Morgan fingerprint density at radius 2 is 2.00 bits per heavy atom. The number of nitrogens with two attached hydrogens (primary N) is 1. The lowest BCUT2D eigenvalue weighted by molar-refractivity contribution is 0.102. The van der Waals surface area contributed by atoms with E-state index < -0.39 is 0 Å². The van der Waals surface area contributed by atoms with Crippen molar-refractivity contribution in [3.8, 4) is 0 Å². The van der Waals surface area contributed by atoms with Crippen molar-refractivity contribution in [1.29, 1.82) is 0 Å². The summed E-state index contributed by atoms with van der Waals surface area (Å²) in [6.45, 7) is 1.87. The molecule has 3 nitrogen and oxygen atoms in total. The number of benzene rings is 2. The van der Waals surface area contributed by atoms with E-state index in [2.05, 4.69) is 37.2 Å². The highest BCUT2D eigenvalue weighted by Gasteiger charge is 2.15.